The van der Waals surface area contributed by atoms with Gasteiger partial charge in [-0.25, -0.2) is 0 Å². The number of hydrogen-bond acceptors (Lipinski definition) is 2. The van der Waals surface area contributed by atoms with Gasteiger partial charge >= 0.3 is 0 Å². The highest BCUT2D eigenvalue weighted by atomic mass is 35.5. The van der Waals surface area contributed by atoms with Crippen LogP contribution in [0.4, 0.5) is 0 Å². The molecule has 16 heavy (non-hydrogen) atoms. The molecule has 3 heteroatoms. The van der Waals surface area contributed by atoms with Crippen LogP contribution in [0.1, 0.15) is 57.8 Å². The molecule has 0 aliphatic carbocycles. The Morgan fingerprint density at radius 3 is 2.62 bits per heavy atom. The molecule has 2 N–H and O–H groups in total. The molecule has 0 fully saturated rings. The topological polar surface area (TPSA) is 39.2 Å². The number of nitrogens with two attached hydrogens (primary N) is 1. The number of halogens is 1. The summed E-state index contributed by atoms with van der Waals surface area (Å²) >= 11 is 5.74. The van der Waals surface area contributed by atoms with Gasteiger partial charge in [-0.2, -0.15) is 0 Å². The van der Waals surface area contributed by atoms with Crippen LogP contribution in [0.3, 0.4) is 0 Å². The summed E-state index contributed by atoms with van der Waals surface area (Å²) in [6.45, 7) is 4.45. The lowest BCUT2D eigenvalue weighted by molar-refractivity contribution is 0.356. The minimum absolute atomic E-state index is 0.0192. The van der Waals surface area contributed by atoms with E-state index in [9.17, 15) is 0 Å². The second-order valence-corrected chi connectivity index (χ2v) is 4.77. The molecule has 0 bridgehead atoms. The zero-order valence-electron chi connectivity index (χ0n) is 10.2. The van der Waals surface area contributed by atoms with E-state index in [4.69, 9.17) is 21.8 Å². The maximum Gasteiger partial charge on any atom is 0.193 e. The summed E-state index contributed by atoms with van der Waals surface area (Å²) in [6.07, 6.45) is 5.96. The molecule has 0 aliphatic heterocycles. The Bertz CT molecular complexity index is 298. The third kappa shape index (κ3) is 4.18. The van der Waals surface area contributed by atoms with E-state index in [1.54, 1.807) is 6.07 Å². The van der Waals surface area contributed by atoms with Crippen LogP contribution in [0.25, 0.3) is 0 Å². The molecule has 0 radical (unpaired) electrons. The van der Waals surface area contributed by atoms with Gasteiger partial charge in [-0.05, 0) is 36.1 Å². The van der Waals surface area contributed by atoms with Crippen LogP contribution in [0.2, 0.25) is 5.22 Å². The first-order valence-electron chi connectivity index (χ1n) is 6.18. The molecule has 0 saturated carbocycles. The van der Waals surface area contributed by atoms with E-state index >= 15 is 0 Å². The van der Waals surface area contributed by atoms with Crippen molar-refractivity contribution in [1.82, 2.24) is 0 Å². The van der Waals surface area contributed by atoms with Crippen LogP contribution < -0.4 is 5.73 Å². The van der Waals surface area contributed by atoms with E-state index in [0.29, 0.717) is 11.1 Å². The average molecular weight is 244 g/mol. The molecule has 92 valence electrons. The zero-order valence-corrected chi connectivity index (χ0v) is 11.0. The highest BCUT2D eigenvalue weighted by Crippen LogP contribution is 2.27. The van der Waals surface area contributed by atoms with Gasteiger partial charge in [0, 0.05) is 0 Å². The number of rotatable bonds is 7. The third-order valence-corrected chi connectivity index (χ3v) is 3.29. The Labute approximate surface area is 103 Å². The van der Waals surface area contributed by atoms with Crippen LogP contribution >= 0.6 is 11.6 Å². The molecule has 2 atom stereocenters. The van der Waals surface area contributed by atoms with Gasteiger partial charge in [-0.15, -0.1) is 0 Å². The summed E-state index contributed by atoms with van der Waals surface area (Å²) in [5.74, 6) is 1.50. The van der Waals surface area contributed by atoms with E-state index in [2.05, 4.69) is 13.8 Å². The number of hydrogen-bond donors (Lipinski definition) is 1. The third-order valence-electron chi connectivity index (χ3n) is 3.09. The normalized spacial score (nSPS) is 15.0. The first-order chi connectivity index (χ1) is 7.67. The molecule has 2 unspecified atom stereocenters. The van der Waals surface area contributed by atoms with E-state index < -0.39 is 0 Å². The first-order valence-corrected chi connectivity index (χ1v) is 6.56. The first kappa shape index (κ1) is 13.6. The summed E-state index contributed by atoms with van der Waals surface area (Å²) < 4.78 is 5.34. The highest BCUT2D eigenvalue weighted by Gasteiger charge is 2.16. The standard InChI is InChI=1S/C13H22ClNO/c1-3-5-6-10(4-2)9-11(15)12-7-8-13(14)16-12/h7-8,10-11H,3-6,9,15H2,1-2H3. The smallest absolute Gasteiger partial charge is 0.193 e. The molecule has 1 aromatic rings. The van der Waals surface area contributed by atoms with Gasteiger partial charge in [0.1, 0.15) is 5.76 Å². The fourth-order valence-electron chi connectivity index (χ4n) is 1.98. The van der Waals surface area contributed by atoms with Gasteiger partial charge in [-0.3, -0.25) is 0 Å². The van der Waals surface area contributed by atoms with Gasteiger partial charge in [0.2, 0.25) is 0 Å². The van der Waals surface area contributed by atoms with Crippen LogP contribution in [-0.2, 0) is 0 Å². The predicted molar refractivity (Wildman–Crippen MR) is 68.6 cm³/mol. The Morgan fingerprint density at radius 2 is 2.12 bits per heavy atom. The van der Waals surface area contributed by atoms with Crippen LogP contribution in [-0.4, -0.2) is 0 Å². The zero-order chi connectivity index (χ0) is 12.0. The molecule has 0 amide bonds. The van der Waals surface area contributed by atoms with Crippen LogP contribution in [0, 0.1) is 5.92 Å². The molecular formula is C13H22ClNO. The average Bonchev–Trinajstić information content (AvgIpc) is 2.70. The van der Waals surface area contributed by atoms with Crippen molar-refractivity contribution in [2.24, 2.45) is 11.7 Å². The van der Waals surface area contributed by atoms with E-state index in [1.807, 2.05) is 6.07 Å². The van der Waals surface area contributed by atoms with E-state index in [-0.39, 0.29) is 6.04 Å². The van der Waals surface area contributed by atoms with Gasteiger partial charge in [-0.1, -0.05) is 39.5 Å². The maximum atomic E-state index is 6.10. The van der Waals surface area contributed by atoms with Crippen molar-refractivity contribution in [3.05, 3.63) is 23.1 Å². The lowest BCUT2D eigenvalue weighted by Gasteiger charge is -2.17. The highest BCUT2D eigenvalue weighted by molar-refractivity contribution is 6.28. The van der Waals surface area contributed by atoms with Crippen molar-refractivity contribution < 1.29 is 4.42 Å². The minimum atomic E-state index is -0.0192. The molecule has 0 aromatic carbocycles. The lowest BCUT2D eigenvalue weighted by atomic mass is 9.91. The minimum Gasteiger partial charge on any atom is -0.448 e. The van der Waals surface area contributed by atoms with E-state index in [1.165, 1.54) is 25.7 Å². The lowest BCUT2D eigenvalue weighted by Crippen LogP contribution is -2.14. The monoisotopic (exact) mass is 243 g/mol. The van der Waals surface area contributed by atoms with E-state index in [0.717, 1.165) is 12.2 Å². The quantitative estimate of drug-likeness (QED) is 0.764. The molecule has 1 aromatic heterocycles. The van der Waals surface area contributed by atoms with Gasteiger partial charge in [0.15, 0.2) is 5.22 Å². The fourth-order valence-corrected chi connectivity index (χ4v) is 2.14. The predicted octanol–water partition coefficient (Wildman–Crippen LogP) is 4.54. The largest absolute Gasteiger partial charge is 0.448 e. The van der Waals surface area contributed by atoms with Crippen LogP contribution in [0.5, 0.6) is 0 Å². The van der Waals surface area contributed by atoms with Crippen molar-refractivity contribution in [2.45, 2.75) is 52.0 Å². The van der Waals surface area contributed by atoms with Gasteiger partial charge in [0.25, 0.3) is 0 Å². The molecule has 1 heterocycles. The molecular weight excluding hydrogens is 222 g/mol. The van der Waals surface area contributed by atoms with Gasteiger partial charge in [0.05, 0.1) is 6.04 Å². The summed E-state index contributed by atoms with van der Waals surface area (Å²) in [4.78, 5) is 0. The molecule has 0 aliphatic rings. The van der Waals surface area contributed by atoms with Crippen molar-refractivity contribution in [2.75, 3.05) is 0 Å². The Hall–Kier alpha value is -0.470. The second-order valence-electron chi connectivity index (χ2n) is 4.40. The maximum absolute atomic E-state index is 6.10. The summed E-state index contributed by atoms with van der Waals surface area (Å²) in [5.41, 5.74) is 6.10. The van der Waals surface area contributed by atoms with Crippen molar-refractivity contribution in [3.8, 4) is 0 Å². The molecule has 0 spiro atoms. The van der Waals surface area contributed by atoms with Gasteiger partial charge < -0.3 is 10.2 Å². The number of furan rings is 1. The van der Waals surface area contributed by atoms with Crippen molar-refractivity contribution in [3.63, 3.8) is 0 Å². The Morgan fingerprint density at radius 1 is 1.38 bits per heavy atom. The van der Waals surface area contributed by atoms with Crippen molar-refractivity contribution in [1.29, 1.82) is 0 Å². The number of unbranched alkanes of at least 4 members (excludes halogenated alkanes) is 1. The Kier molecular flexibility index (Phi) is 5.93. The Balaban J connectivity index is 2.45. The summed E-state index contributed by atoms with van der Waals surface area (Å²) in [7, 11) is 0. The summed E-state index contributed by atoms with van der Waals surface area (Å²) in [6, 6.07) is 3.61. The van der Waals surface area contributed by atoms with Crippen LogP contribution in [0.15, 0.2) is 16.5 Å². The fraction of sp³-hybridized carbons (Fsp3) is 0.692. The summed E-state index contributed by atoms with van der Waals surface area (Å²) in [5, 5.41) is 0.423. The van der Waals surface area contributed by atoms with Crippen molar-refractivity contribution >= 4 is 11.6 Å². The second kappa shape index (κ2) is 6.97. The molecule has 0 saturated heterocycles. The SMILES string of the molecule is CCCCC(CC)CC(N)c1ccc(Cl)o1. The molecule has 1 rings (SSSR count). The molecule has 2 nitrogen and oxygen atoms in total.